The Kier molecular flexibility index (Phi) is 5.16. The van der Waals surface area contributed by atoms with E-state index < -0.39 is 5.82 Å². The Balaban J connectivity index is 1.58. The highest BCUT2D eigenvalue weighted by Crippen LogP contribution is 2.23. The number of ether oxygens (including phenoxy) is 1. The summed E-state index contributed by atoms with van der Waals surface area (Å²) in [6.07, 6.45) is 4.92. The third-order valence-corrected chi connectivity index (χ3v) is 4.94. The van der Waals surface area contributed by atoms with Crippen LogP contribution < -0.4 is 4.74 Å². The molecule has 1 unspecified atom stereocenters. The van der Waals surface area contributed by atoms with Gasteiger partial charge in [-0.1, -0.05) is 6.42 Å². The van der Waals surface area contributed by atoms with Gasteiger partial charge in [-0.15, -0.1) is 0 Å². The Morgan fingerprint density at radius 1 is 1.26 bits per heavy atom. The van der Waals surface area contributed by atoms with Crippen molar-refractivity contribution >= 4 is 5.91 Å². The van der Waals surface area contributed by atoms with Gasteiger partial charge in [-0.05, 0) is 50.4 Å². The lowest BCUT2D eigenvalue weighted by atomic mass is 10.1. The molecule has 1 atom stereocenters. The molecule has 126 valence electrons. The fourth-order valence-electron chi connectivity index (χ4n) is 3.64. The molecular weight excluding hydrogens is 295 g/mol. The van der Waals surface area contributed by atoms with Crippen LogP contribution in [-0.2, 0) is 0 Å². The second kappa shape index (κ2) is 7.30. The first kappa shape index (κ1) is 16.2. The molecule has 1 aromatic carbocycles. The van der Waals surface area contributed by atoms with E-state index in [2.05, 4.69) is 4.90 Å². The molecule has 0 aromatic heterocycles. The summed E-state index contributed by atoms with van der Waals surface area (Å²) in [6, 6.07) is 4.43. The van der Waals surface area contributed by atoms with Crippen LogP contribution >= 0.6 is 0 Å². The van der Waals surface area contributed by atoms with Gasteiger partial charge in [-0.3, -0.25) is 4.79 Å². The minimum absolute atomic E-state index is 0.143. The zero-order chi connectivity index (χ0) is 16.2. The van der Waals surface area contributed by atoms with Gasteiger partial charge in [0, 0.05) is 25.7 Å². The van der Waals surface area contributed by atoms with Crippen LogP contribution in [0.1, 0.15) is 36.0 Å². The van der Waals surface area contributed by atoms with E-state index in [0.29, 0.717) is 11.7 Å². The lowest BCUT2D eigenvalue weighted by Crippen LogP contribution is -2.36. The van der Waals surface area contributed by atoms with E-state index in [9.17, 15) is 9.18 Å². The van der Waals surface area contributed by atoms with Gasteiger partial charge in [0.25, 0.3) is 5.91 Å². The van der Waals surface area contributed by atoms with Crippen LogP contribution in [0.4, 0.5) is 4.39 Å². The predicted molar refractivity (Wildman–Crippen MR) is 87.3 cm³/mol. The quantitative estimate of drug-likeness (QED) is 0.855. The molecule has 23 heavy (non-hydrogen) atoms. The first-order valence-corrected chi connectivity index (χ1v) is 8.52. The predicted octanol–water partition coefficient (Wildman–Crippen LogP) is 2.78. The Morgan fingerprint density at radius 3 is 2.74 bits per heavy atom. The molecule has 0 N–H and O–H groups in total. The minimum atomic E-state index is -0.506. The fraction of sp³-hybridized carbons (Fsp3) is 0.611. The number of piperidine rings is 1. The fourth-order valence-corrected chi connectivity index (χ4v) is 3.64. The van der Waals surface area contributed by atoms with Crippen LogP contribution in [-0.4, -0.2) is 55.5 Å². The molecule has 0 bridgehead atoms. The van der Waals surface area contributed by atoms with Gasteiger partial charge in [0.15, 0.2) is 0 Å². The second-order valence-corrected chi connectivity index (χ2v) is 6.61. The molecule has 0 spiro atoms. The van der Waals surface area contributed by atoms with Crippen LogP contribution in [0.25, 0.3) is 0 Å². The van der Waals surface area contributed by atoms with Gasteiger partial charge in [-0.25, -0.2) is 4.39 Å². The van der Waals surface area contributed by atoms with E-state index in [1.54, 1.807) is 11.0 Å². The Hall–Kier alpha value is -1.62. The van der Waals surface area contributed by atoms with Crippen LogP contribution in [0.3, 0.4) is 0 Å². The molecule has 2 aliphatic heterocycles. The van der Waals surface area contributed by atoms with Gasteiger partial charge in [-0.2, -0.15) is 0 Å². The number of likely N-dealkylation sites (tertiary alicyclic amines) is 2. The molecule has 2 aliphatic rings. The molecule has 0 radical (unpaired) electrons. The maximum Gasteiger partial charge on any atom is 0.256 e. The summed E-state index contributed by atoms with van der Waals surface area (Å²) in [4.78, 5) is 16.8. The van der Waals surface area contributed by atoms with Crippen LogP contribution in [0.2, 0.25) is 0 Å². The van der Waals surface area contributed by atoms with E-state index in [1.807, 2.05) is 0 Å². The van der Waals surface area contributed by atoms with E-state index >= 15 is 0 Å². The van der Waals surface area contributed by atoms with Crippen molar-refractivity contribution in [3.63, 3.8) is 0 Å². The van der Waals surface area contributed by atoms with Crippen molar-refractivity contribution in [3.05, 3.63) is 29.6 Å². The van der Waals surface area contributed by atoms with Crippen molar-refractivity contribution in [3.8, 4) is 5.75 Å². The Morgan fingerprint density at radius 2 is 2.04 bits per heavy atom. The third-order valence-electron chi connectivity index (χ3n) is 4.94. The molecule has 1 aromatic rings. The Bertz CT molecular complexity index is 558. The van der Waals surface area contributed by atoms with Crippen molar-refractivity contribution in [1.29, 1.82) is 0 Å². The monoisotopic (exact) mass is 320 g/mol. The number of methoxy groups -OCH3 is 1. The van der Waals surface area contributed by atoms with Crippen LogP contribution in [0.5, 0.6) is 5.75 Å². The molecule has 2 heterocycles. The van der Waals surface area contributed by atoms with Crippen LogP contribution in [0, 0.1) is 11.7 Å². The molecular formula is C18H25FN2O2. The number of carbonyl (C=O) groups excluding carboxylic acids is 1. The zero-order valence-corrected chi connectivity index (χ0v) is 13.8. The molecule has 2 saturated heterocycles. The number of nitrogens with zero attached hydrogens (tertiary/aromatic N) is 2. The summed E-state index contributed by atoms with van der Waals surface area (Å²) in [5, 5.41) is 0. The first-order chi connectivity index (χ1) is 11.2. The third kappa shape index (κ3) is 3.83. The van der Waals surface area contributed by atoms with Crippen molar-refractivity contribution in [1.82, 2.24) is 9.80 Å². The van der Waals surface area contributed by atoms with Gasteiger partial charge < -0.3 is 14.5 Å². The van der Waals surface area contributed by atoms with Crippen molar-refractivity contribution < 1.29 is 13.9 Å². The molecule has 2 fully saturated rings. The topological polar surface area (TPSA) is 32.8 Å². The lowest BCUT2D eigenvalue weighted by molar-refractivity contribution is 0.0777. The highest BCUT2D eigenvalue weighted by Gasteiger charge is 2.29. The highest BCUT2D eigenvalue weighted by molar-refractivity contribution is 5.94. The lowest BCUT2D eigenvalue weighted by Gasteiger charge is -2.29. The average molecular weight is 320 g/mol. The zero-order valence-electron chi connectivity index (χ0n) is 13.8. The highest BCUT2D eigenvalue weighted by atomic mass is 19.1. The standard InChI is InChI=1S/C18H25FN2O2/c1-23-15-5-6-16(17(19)11-15)18(22)21-10-7-14(13-21)12-20-8-3-2-4-9-20/h5-6,11,14H,2-4,7-10,12-13H2,1H3. The number of hydrogen-bond donors (Lipinski definition) is 0. The second-order valence-electron chi connectivity index (χ2n) is 6.61. The summed E-state index contributed by atoms with van der Waals surface area (Å²) < 4.78 is 19.1. The normalized spacial score (nSPS) is 22.3. The largest absolute Gasteiger partial charge is 0.497 e. The van der Waals surface area contributed by atoms with Gasteiger partial charge in [0.1, 0.15) is 11.6 Å². The molecule has 5 heteroatoms. The van der Waals surface area contributed by atoms with E-state index in [0.717, 1.165) is 26.1 Å². The van der Waals surface area contributed by atoms with Crippen molar-refractivity contribution in [2.75, 3.05) is 39.8 Å². The van der Waals surface area contributed by atoms with Crippen molar-refractivity contribution in [2.24, 2.45) is 5.92 Å². The number of hydrogen-bond acceptors (Lipinski definition) is 3. The number of carbonyl (C=O) groups is 1. The molecule has 0 aliphatic carbocycles. The summed E-state index contributed by atoms with van der Waals surface area (Å²) in [6.45, 7) is 4.88. The maximum absolute atomic E-state index is 14.1. The molecule has 1 amide bonds. The SMILES string of the molecule is COc1ccc(C(=O)N2CCC(CN3CCCCC3)C2)c(F)c1. The van der Waals surface area contributed by atoms with Crippen molar-refractivity contribution in [2.45, 2.75) is 25.7 Å². The van der Waals surface area contributed by atoms with Gasteiger partial charge in [0.05, 0.1) is 12.7 Å². The summed E-state index contributed by atoms with van der Waals surface area (Å²) in [5.41, 5.74) is 0.143. The number of benzene rings is 1. The maximum atomic E-state index is 14.1. The number of rotatable bonds is 4. The smallest absolute Gasteiger partial charge is 0.256 e. The van der Waals surface area contributed by atoms with Crippen LogP contribution in [0.15, 0.2) is 18.2 Å². The van der Waals surface area contributed by atoms with E-state index in [-0.39, 0.29) is 11.5 Å². The molecule has 4 nitrogen and oxygen atoms in total. The minimum Gasteiger partial charge on any atom is -0.497 e. The molecule has 3 rings (SSSR count). The Labute approximate surface area is 137 Å². The van der Waals surface area contributed by atoms with Gasteiger partial charge >= 0.3 is 0 Å². The summed E-state index contributed by atoms with van der Waals surface area (Å²) >= 11 is 0. The number of halogens is 1. The van der Waals surface area contributed by atoms with Gasteiger partial charge in [0.2, 0.25) is 0 Å². The van der Waals surface area contributed by atoms with E-state index in [1.165, 1.54) is 51.6 Å². The average Bonchev–Trinajstić information content (AvgIpc) is 3.03. The summed E-state index contributed by atoms with van der Waals surface area (Å²) in [5.74, 6) is 0.238. The molecule has 0 saturated carbocycles. The summed E-state index contributed by atoms with van der Waals surface area (Å²) in [7, 11) is 1.49. The first-order valence-electron chi connectivity index (χ1n) is 8.52. The van der Waals surface area contributed by atoms with E-state index in [4.69, 9.17) is 4.74 Å². The number of amides is 1.